The molecule has 9 heteroatoms. The summed E-state index contributed by atoms with van der Waals surface area (Å²) in [7, 11) is 0. The molecule has 2 N–H and O–H groups in total. The molecule has 5 nitrogen and oxygen atoms in total. The Morgan fingerprint density at radius 2 is 2.00 bits per heavy atom. The number of hydrogen-bond acceptors (Lipinski definition) is 3. The molecule has 1 aliphatic rings. The van der Waals surface area contributed by atoms with Gasteiger partial charge in [0.05, 0.1) is 21.1 Å². The van der Waals surface area contributed by atoms with Gasteiger partial charge in [0, 0.05) is 10.2 Å². The van der Waals surface area contributed by atoms with Gasteiger partial charge in [-0.2, -0.15) is 0 Å². The van der Waals surface area contributed by atoms with E-state index in [2.05, 4.69) is 21.2 Å². The first-order valence-corrected chi connectivity index (χ1v) is 8.49. The lowest BCUT2D eigenvalue weighted by molar-refractivity contribution is -0.141. The van der Waals surface area contributed by atoms with E-state index < -0.39 is 18.0 Å². The van der Waals surface area contributed by atoms with Gasteiger partial charge < -0.3 is 10.4 Å². The van der Waals surface area contributed by atoms with Gasteiger partial charge in [-0.15, -0.1) is 11.8 Å². The Morgan fingerprint density at radius 3 is 2.52 bits per heavy atom. The Morgan fingerprint density at radius 1 is 1.43 bits per heavy atom. The molecule has 2 atom stereocenters. The number of nitrogens with one attached hydrogen (secondary N) is 1. The molecule has 0 radical (unpaired) electrons. The van der Waals surface area contributed by atoms with E-state index in [1.807, 2.05) is 0 Å². The van der Waals surface area contributed by atoms with Crippen molar-refractivity contribution in [2.45, 2.75) is 18.3 Å². The maximum absolute atomic E-state index is 12.3. The molecule has 1 aromatic rings. The predicted molar refractivity (Wildman–Crippen MR) is 88.4 cm³/mol. The number of amides is 2. The van der Waals surface area contributed by atoms with Crippen LogP contribution in [0.25, 0.3) is 0 Å². The van der Waals surface area contributed by atoms with Crippen molar-refractivity contribution < 1.29 is 14.7 Å². The van der Waals surface area contributed by atoms with Crippen LogP contribution in [0.3, 0.4) is 0 Å². The Balaban J connectivity index is 2.23. The van der Waals surface area contributed by atoms with E-state index in [0.717, 1.165) is 0 Å². The number of nitrogens with zero attached hydrogens (tertiary/aromatic N) is 1. The number of carbonyl (C=O) groups excluding carboxylic acids is 1. The Bertz CT molecular complexity index is 579. The van der Waals surface area contributed by atoms with Gasteiger partial charge in [0.1, 0.15) is 6.04 Å². The van der Waals surface area contributed by atoms with Crippen molar-refractivity contribution in [1.29, 1.82) is 0 Å². The van der Waals surface area contributed by atoms with Crippen molar-refractivity contribution in [2.24, 2.45) is 0 Å². The normalized spacial score (nSPS) is 21.4. The first-order chi connectivity index (χ1) is 9.81. The number of carboxylic acid groups (broad SMARTS) is 1. The molecular weight excluding hydrogens is 403 g/mol. The molecule has 1 aliphatic heterocycles. The fraction of sp³-hybridized carbons (Fsp3) is 0.333. The zero-order valence-corrected chi connectivity index (χ0v) is 14.7. The van der Waals surface area contributed by atoms with E-state index in [-0.39, 0.29) is 21.1 Å². The summed E-state index contributed by atoms with van der Waals surface area (Å²) in [6.45, 7) is 1.78. The number of rotatable bonds is 2. The topological polar surface area (TPSA) is 69.6 Å². The first-order valence-electron chi connectivity index (χ1n) is 5.89. The number of aliphatic carboxylic acids is 1. The minimum Gasteiger partial charge on any atom is -0.480 e. The van der Waals surface area contributed by atoms with Gasteiger partial charge in [0.15, 0.2) is 0 Å². The maximum Gasteiger partial charge on any atom is 0.327 e. The molecular formula is C12H11BrCl2N2O3S. The first kappa shape index (κ1) is 16.7. The summed E-state index contributed by atoms with van der Waals surface area (Å²) in [5.74, 6) is -0.680. The minimum absolute atomic E-state index is 0.237. The van der Waals surface area contributed by atoms with Crippen molar-refractivity contribution >= 4 is 68.6 Å². The number of carbonyl (C=O) groups is 2. The van der Waals surface area contributed by atoms with Crippen molar-refractivity contribution in [2.75, 3.05) is 11.1 Å². The molecule has 2 unspecified atom stereocenters. The summed E-state index contributed by atoms with van der Waals surface area (Å²) in [6.07, 6.45) is 0. The minimum atomic E-state index is -1.03. The van der Waals surface area contributed by atoms with Crippen LogP contribution >= 0.6 is 50.9 Å². The molecule has 2 amide bonds. The van der Waals surface area contributed by atoms with Crippen LogP contribution in [0, 0.1) is 0 Å². The monoisotopic (exact) mass is 412 g/mol. The SMILES string of the molecule is CC1SCC(C(=O)O)N1C(=O)Nc1c(Cl)cc(Br)cc1Cl. The van der Waals surface area contributed by atoms with Gasteiger partial charge in [-0.25, -0.2) is 9.59 Å². The molecule has 1 fully saturated rings. The number of anilines is 1. The van der Waals surface area contributed by atoms with E-state index in [0.29, 0.717) is 10.2 Å². The Kier molecular flexibility index (Phi) is 5.29. The largest absolute Gasteiger partial charge is 0.480 e. The number of carboxylic acids is 1. The van der Waals surface area contributed by atoms with Crippen LogP contribution in [0.5, 0.6) is 0 Å². The van der Waals surface area contributed by atoms with Gasteiger partial charge >= 0.3 is 12.0 Å². The molecule has 1 aromatic carbocycles. The van der Waals surface area contributed by atoms with Crippen LogP contribution in [0.15, 0.2) is 16.6 Å². The number of halogens is 3. The van der Waals surface area contributed by atoms with Crippen LogP contribution in [0.4, 0.5) is 10.5 Å². The van der Waals surface area contributed by atoms with Gasteiger partial charge in [-0.3, -0.25) is 4.90 Å². The molecule has 0 bridgehead atoms. The fourth-order valence-electron chi connectivity index (χ4n) is 1.97. The molecule has 21 heavy (non-hydrogen) atoms. The third kappa shape index (κ3) is 3.59. The van der Waals surface area contributed by atoms with Crippen LogP contribution in [0.2, 0.25) is 10.0 Å². The Hall–Kier alpha value is -0.630. The highest BCUT2D eigenvalue weighted by molar-refractivity contribution is 9.10. The van der Waals surface area contributed by atoms with Gasteiger partial charge in [-0.05, 0) is 19.1 Å². The van der Waals surface area contributed by atoms with Crippen LogP contribution in [-0.4, -0.2) is 39.2 Å². The second kappa shape index (κ2) is 6.64. The zero-order chi connectivity index (χ0) is 15.7. The highest BCUT2D eigenvalue weighted by Gasteiger charge is 2.39. The van der Waals surface area contributed by atoms with E-state index in [1.54, 1.807) is 19.1 Å². The van der Waals surface area contributed by atoms with Crippen LogP contribution in [-0.2, 0) is 4.79 Å². The molecule has 114 valence electrons. The molecule has 0 saturated carbocycles. The average Bonchev–Trinajstić information content (AvgIpc) is 2.75. The summed E-state index contributed by atoms with van der Waals surface area (Å²) in [6, 6.07) is 1.80. The highest BCUT2D eigenvalue weighted by atomic mass is 79.9. The molecule has 0 spiro atoms. The summed E-state index contributed by atoms with van der Waals surface area (Å²) >= 11 is 16.8. The lowest BCUT2D eigenvalue weighted by atomic mass is 10.3. The second-order valence-corrected chi connectivity index (χ2v) is 7.45. The molecule has 1 heterocycles. The van der Waals surface area contributed by atoms with Gasteiger partial charge in [0.2, 0.25) is 0 Å². The van der Waals surface area contributed by atoms with Gasteiger partial charge in [0.25, 0.3) is 0 Å². The van der Waals surface area contributed by atoms with Crippen molar-refractivity contribution in [3.63, 3.8) is 0 Å². The smallest absolute Gasteiger partial charge is 0.327 e. The summed E-state index contributed by atoms with van der Waals surface area (Å²) in [4.78, 5) is 24.8. The lowest BCUT2D eigenvalue weighted by Gasteiger charge is -2.25. The Labute approximate surface area is 144 Å². The molecule has 0 aliphatic carbocycles. The number of benzene rings is 1. The molecule has 1 saturated heterocycles. The van der Waals surface area contributed by atoms with Crippen molar-refractivity contribution in [3.05, 3.63) is 26.7 Å². The van der Waals surface area contributed by atoms with Crippen molar-refractivity contribution in [3.8, 4) is 0 Å². The maximum atomic E-state index is 12.3. The predicted octanol–water partition coefficient (Wildman–Crippen LogP) is 4.14. The summed E-state index contributed by atoms with van der Waals surface area (Å²) in [5.41, 5.74) is 0.264. The zero-order valence-electron chi connectivity index (χ0n) is 10.8. The molecule has 2 rings (SSSR count). The summed E-state index contributed by atoms with van der Waals surface area (Å²) < 4.78 is 0.684. The van der Waals surface area contributed by atoms with Gasteiger partial charge in [-0.1, -0.05) is 39.1 Å². The highest BCUT2D eigenvalue weighted by Crippen LogP contribution is 2.35. The fourth-order valence-corrected chi connectivity index (χ4v) is 4.44. The molecule has 0 aromatic heterocycles. The second-order valence-electron chi connectivity index (χ2n) is 4.37. The van der Waals surface area contributed by atoms with Crippen LogP contribution in [0.1, 0.15) is 6.92 Å². The van der Waals surface area contributed by atoms with E-state index >= 15 is 0 Å². The van der Waals surface area contributed by atoms with E-state index in [9.17, 15) is 9.59 Å². The number of urea groups is 1. The third-order valence-electron chi connectivity index (χ3n) is 2.98. The number of thioether (sulfide) groups is 1. The van der Waals surface area contributed by atoms with E-state index in [4.69, 9.17) is 28.3 Å². The van der Waals surface area contributed by atoms with E-state index in [1.165, 1.54) is 16.7 Å². The van der Waals surface area contributed by atoms with Crippen LogP contribution < -0.4 is 5.32 Å². The average molecular weight is 414 g/mol. The quantitative estimate of drug-likeness (QED) is 0.764. The third-order valence-corrected chi connectivity index (χ3v) is 5.25. The summed E-state index contributed by atoms with van der Waals surface area (Å²) in [5, 5.41) is 12.1. The number of hydrogen-bond donors (Lipinski definition) is 2. The standard InChI is InChI=1S/C12H11BrCl2N2O3S/c1-5-17(9(4-21-5)11(18)19)12(20)16-10-7(14)2-6(13)3-8(10)15/h2-3,5,9H,4H2,1H3,(H,16,20)(H,18,19). The van der Waals surface area contributed by atoms with Crippen molar-refractivity contribution in [1.82, 2.24) is 4.90 Å². The lowest BCUT2D eigenvalue weighted by Crippen LogP contribution is -2.46.